The Morgan fingerprint density at radius 3 is 2.31 bits per heavy atom. The van der Waals surface area contributed by atoms with Crippen LogP contribution in [0.25, 0.3) is 0 Å². The zero-order valence-corrected chi connectivity index (χ0v) is 8.20. The largest absolute Gasteiger partial charge is 0.479 e. The highest BCUT2D eigenvalue weighted by Gasteiger charge is 2.04. The summed E-state index contributed by atoms with van der Waals surface area (Å²) in [5.41, 5.74) is 0. The van der Waals surface area contributed by atoms with Crippen LogP contribution < -0.4 is 0 Å². The van der Waals surface area contributed by atoms with E-state index in [0.717, 1.165) is 0 Å². The molecule has 0 heterocycles. The molecule has 76 valence electrons. The molecule has 0 saturated carbocycles. The topological polar surface area (TPSA) is 57.1 Å². The van der Waals surface area contributed by atoms with E-state index >= 15 is 0 Å². The van der Waals surface area contributed by atoms with Gasteiger partial charge in [-0.05, 0) is 13.8 Å². The quantitative estimate of drug-likeness (QED) is 0.493. The zero-order chi connectivity index (χ0) is 10.1. The van der Waals surface area contributed by atoms with Gasteiger partial charge < -0.3 is 14.2 Å². The summed E-state index contributed by atoms with van der Waals surface area (Å²) in [6, 6.07) is 0. The number of carbonyl (C=O) groups excluding carboxylic acids is 1. The lowest BCUT2D eigenvalue weighted by Crippen LogP contribution is -2.14. The van der Waals surface area contributed by atoms with E-state index in [0.29, 0.717) is 13.2 Å². The first-order valence-electron chi connectivity index (χ1n) is 4.10. The van der Waals surface area contributed by atoms with Crippen LogP contribution in [-0.2, 0) is 14.2 Å². The van der Waals surface area contributed by atoms with Crippen molar-refractivity contribution >= 4 is 12.0 Å². The lowest BCUT2D eigenvalue weighted by atomic mass is 10.7. The molecular formula is C8H15NO4. The third-order valence-corrected chi connectivity index (χ3v) is 1.06. The molecule has 0 fully saturated rings. The summed E-state index contributed by atoms with van der Waals surface area (Å²) in [6.45, 7) is 4.43. The summed E-state index contributed by atoms with van der Waals surface area (Å²) in [4.78, 5) is 14.4. The second-order valence-electron chi connectivity index (χ2n) is 2.07. The van der Waals surface area contributed by atoms with E-state index in [1.165, 1.54) is 7.11 Å². The number of hydrogen-bond donors (Lipinski definition) is 0. The summed E-state index contributed by atoms with van der Waals surface area (Å²) in [6.07, 6.45) is -0.650. The van der Waals surface area contributed by atoms with Crippen LogP contribution in [0.4, 0.5) is 4.79 Å². The summed E-state index contributed by atoms with van der Waals surface area (Å²) in [5.74, 6) is 0.239. The van der Waals surface area contributed by atoms with Crippen molar-refractivity contribution in [3.8, 4) is 0 Å². The minimum Gasteiger partial charge on any atom is -0.479 e. The number of methoxy groups -OCH3 is 1. The molecule has 0 atom stereocenters. The van der Waals surface area contributed by atoms with E-state index in [4.69, 9.17) is 9.47 Å². The van der Waals surface area contributed by atoms with Crippen LogP contribution >= 0.6 is 0 Å². The third kappa shape index (κ3) is 6.10. The SMILES string of the molecule is CCOC(=O)/N=C(\COC)OCC. The molecule has 0 unspecified atom stereocenters. The van der Waals surface area contributed by atoms with Crippen molar-refractivity contribution in [2.45, 2.75) is 13.8 Å². The Balaban J connectivity index is 4.07. The van der Waals surface area contributed by atoms with Gasteiger partial charge in [0.2, 0.25) is 5.90 Å². The van der Waals surface area contributed by atoms with Crippen molar-refractivity contribution in [2.75, 3.05) is 26.9 Å². The van der Waals surface area contributed by atoms with Crippen LogP contribution in [0.3, 0.4) is 0 Å². The van der Waals surface area contributed by atoms with Crippen LogP contribution in [0.1, 0.15) is 13.8 Å². The number of rotatable bonds is 4. The third-order valence-electron chi connectivity index (χ3n) is 1.06. The van der Waals surface area contributed by atoms with Crippen molar-refractivity contribution in [2.24, 2.45) is 4.99 Å². The van der Waals surface area contributed by atoms with Crippen molar-refractivity contribution in [3.63, 3.8) is 0 Å². The van der Waals surface area contributed by atoms with Gasteiger partial charge in [0.25, 0.3) is 0 Å². The van der Waals surface area contributed by atoms with Crippen LogP contribution in [0.2, 0.25) is 0 Å². The highest BCUT2D eigenvalue weighted by atomic mass is 16.6. The first-order chi connectivity index (χ1) is 6.24. The first-order valence-corrected chi connectivity index (χ1v) is 4.10. The monoisotopic (exact) mass is 189 g/mol. The molecule has 0 aromatic heterocycles. The molecule has 0 aliphatic heterocycles. The van der Waals surface area contributed by atoms with Crippen LogP contribution in [0, 0.1) is 0 Å². The van der Waals surface area contributed by atoms with Crippen molar-refractivity contribution < 1.29 is 19.0 Å². The van der Waals surface area contributed by atoms with E-state index in [9.17, 15) is 4.79 Å². The minimum absolute atomic E-state index is 0.173. The maximum Gasteiger partial charge on any atom is 0.436 e. The number of carbonyl (C=O) groups is 1. The van der Waals surface area contributed by atoms with Gasteiger partial charge in [0.05, 0.1) is 13.2 Å². The summed E-state index contributed by atoms with van der Waals surface area (Å²) in [7, 11) is 1.50. The smallest absolute Gasteiger partial charge is 0.436 e. The van der Waals surface area contributed by atoms with Gasteiger partial charge in [0, 0.05) is 7.11 Å². The average molecular weight is 189 g/mol. The summed E-state index contributed by atoms with van der Waals surface area (Å²) in [5, 5.41) is 0. The number of hydrogen-bond acceptors (Lipinski definition) is 4. The highest BCUT2D eigenvalue weighted by molar-refractivity contribution is 5.88. The molecule has 0 N–H and O–H groups in total. The molecule has 5 nitrogen and oxygen atoms in total. The predicted octanol–water partition coefficient (Wildman–Crippen LogP) is 1.22. The fourth-order valence-corrected chi connectivity index (χ4v) is 0.654. The second kappa shape index (κ2) is 7.54. The molecule has 0 aromatic rings. The highest BCUT2D eigenvalue weighted by Crippen LogP contribution is 1.89. The molecule has 13 heavy (non-hydrogen) atoms. The van der Waals surface area contributed by atoms with Gasteiger partial charge in [-0.2, -0.15) is 0 Å². The van der Waals surface area contributed by atoms with Crippen molar-refractivity contribution in [1.29, 1.82) is 0 Å². The molecule has 0 aliphatic rings. The summed E-state index contributed by atoms with van der Waals surface area (Å²) >= 11 is 0. The van der Waals surface area contributed by atoms with Crippen LogP contribution in [0.15, 0.2) is 4.99 Å². The van der Waals surface area contributed by atoms with Gasteiger partial charge in [0.1, 0.15) is 6.61 Å². The van der Waals surface area contributed by atoms with Crippen molar-refractivity contribution in [1.82, 2.24) is 0 Å². The number of amides is 1. The Morgan fingerprint density at radius 1 is 1.23 bits per heavy atom. The van der Waals surface area contributed by atoms with E-state index in [1.54, 1.807) is 13.8 Å². The average Bonchev–Trinajstić information content (AvgIpc) is 2.05. The normalized spacial score (nSPS) is 11.2. The fourth-order valence-electron chi connectivity index (χ4n) is 0.654. The number of nitrogens with zero attached hydrogens (tertiary/aromatic N) is 1. The minimum atomic E-state index is -0.650. The van der Waals surface area contributed by atoms with Gasteiger partial charge >= 0.3 is 6.09 Å². The van der Waals surface area contributed by atoms with Gasteiger partial charge in [-0.3, -0.25) is 0 Å². The zero-order valence-electron chi connectivity index (χ0n) is 8.20. The fraction of sp³-hybridized carbons (Fsp3) is 0.750. The van der Waals surface area contributed by atoms with E-state index < -0.39 is 6.09 Å². The first kappa shape index (κ1) is 11.9. The lowest BCUT2D eigenvalue weighted by molar-refractivity contribution is 0.160. The van der Waals surface area contributed by atoms with Crippen LogP contribution in [-0.4, -0.2) is 38.9 Å². The maximum absolute atomic E-state index is 10.9. The molecule has 0 saturated heterocycles. The summed E-state index contributed by atoms with van der Waals surface area (Å²) < 4.78 is 14.4. The Bertz CT molecular complexity index is 171. The molecule has 0 radical (unpaired) electrons. The molecule has 0 aromatic carbocycles. The second-order valence-corrected chi connectivity index (χ2v) is 2.07. The van der Waals surface area contributed by atoms with Crippen molar-refractivity contribution in [3.05, 3.63) is 0 Å². The van der Waals surface area contributed by atoms with E-state index in [2.05, 4.69) is 9.73 Å². The number of ether oxygens (including phenoxy) is 3. The Hall–Kier alpha value is -1.10. The molecule has 5 heteroatoms. The van der Waals surface area contributed by atoms with E-state index in [-0.39, 0.29) is 12.5 Å². The lowest BCUT2D eigenvalue weighted by Gasteiger charge is -2.04. The number of aliphatic imine (C=N–C) groups is 1. The van der Waals surface area contributed by atoms with Gasteiger partial charge in [-0.15, -0.1) is 4.99 Å². The standard InChI is InChI=1S/C8H15NO4/c1-4-12-7(6-11-3)9-8(10)13-5-2/h4-6H2,1-3H3/b9-7+. The van der Waals surface area contributed by atoms with Crippen LogP contribution in [0.5, 0.6) is 0 Å². The Morgan fingerprint density at radius 2 is 1.85 bits per heavy atom. The predicted molar refractivity (Wildman–Crippen MR) is 48.0 cm³/mol. The maximum atomic E-state index is 10.9. The van der Waals surface area contributed by atoms with Gasteiger partial charge in [0.15, 0.2) is 0 Å². The van der Waals surface area contributed by atoms with E-state index in [1.807, 2.05) is 0 Å². The molecule has 0 spiro atoms. The molecular weight excluding hydrogens is 174 g/mol. The Kier molecular flexibility index (Phi) is 6.91. The molecule has 0 rings (SSSR count). The molecule has 1 amide bonds. The molecule has 0 aliphatic carbocycles. The molecule has 0 bridgehead atoms. The van der Waals surface area contributed by atoms with Gasteiger partial charge in [-0.1, -0.05) is 0 Å². The Labute approximate surface area is 77.7 Å². The van der Waals surface area contributed by atoms with Gasteiger partial charge in [-0.25, -0.2) is 4.79 Å².